The molecule has 1 heterocycles. The molecule has 1 aromatic carbocycles. The van der Waals surface area contributed by atoms with E-state index in [4.69, 9.17) is 0 Å². The number of anilines is 1. The Labute approximate surface area is 120 Å². The van der Waals surface area contributed by atoms with E-state index in [-0.39, 0.29) is 18.5 Å². The largest absolute Gasteiger partial charge is 0.394 e. The minimum Gasteiger partial charge on any atom is -0.394 e. The Morgan fingerprint density at radius 3 is 2.95 bits per heavy atom. The zero-order valence-electron chi connectivity index (χ0n) is 12.2. The van der Waals surface area contributed by atoms with Crippen molar-refractivity contribution in [2.45, 2.75) is 45.2 Å². The Balaban J connectivity index is 2.08. The van der Waals surface area contributed by atoms with E-state index in [9.17, 15) is 9.50 Å². The summed E-state index contributed by atoms with van der Waals surface area (Å²) < 4.78 is 14.3. The quantitative estimate of drug-likeness (QED) is 0.786. The van der Waals surface area contributed by atoms with Crippen molar-refractivity contribution in [1.82, 2.24) is 5.32 Å². The summed E-state index contributed by atoms with van der Waals surface area (Å²) in [5.41, 5.74) is 1.60. The van der Waals surface area contributed by atoms with Gasteiger partial charge in [-0.1, -0.05) is 13.0 Å². The van der Waals surface area contributed by atoms with Gasteiger partial charge in [0.05, 0.1) is 18.3 Å². The van der Waals surface area contributed by atoms with Crippen LogP contribution >= 0.6 is 0 Å². The molecule has 0 aliphatic carbocycles. The number of hydrogen-bond donors (Lipinski definition) is 2. The predicted molar refractivity (Wildman–Crippen MR) is 80.5 cm³/mol. The molecule has 0 saturated carbocycles. The van der Waals surface area contributed by atoms with Gasteiger partial charge in [-0.2, -0.15) is 0 Å². The normalized spacial score (nSPS) is 19.4. The lowest BCUT2D eigenvalue weighted by atomic mass is 10.0. The smallest absolute Gasteiger partial charge is 0.146 e. The summed E-state index contributed by atoms with van der Waals surface area (Å²) in [4.78, 5) is 2.02. The predicted octanol–water partition coefficient (Wildman–Crippen LogP) is 2.68. The summed E-state index contributed by atoms with van der Waals surface area (Å²) in [5.74, 6) is -0.179. The fourth-order valence-electron chi connectivity index (χ4n) is 2.81. The monoisotopic (exact) mass is 280 g/mol. The molecule has 1 aliphatic rings. The molecule has 112 valence electrons. The van der Waals surface area contributed by atoms with Crippen molar-refractivity contribution in [2.75, 3.05) is 24.6 Å². The summed E-state index contributed by atoms with van der Waals surface area (Å²) in [6, 6.07) is 5.50. The highest BCUT2D eigenvalue weighted by molar-refractivity contribution is 5.50. The van der Waals surface area contributed by atoms with E-state index in [1.165, 1.54) is 0 Å². The highest BCUT2D eigenvalue weighted by atomic mass is 19.1. The first-order chi connectivity index (χ1) is 9.76. The Morgan fingerprint density at radius 1 is 1.40 bits per heavy atom. The molecule has 0 amide bonds. The Hall–Kier alpha value is -1.13. The number of benzene rings is 1. The lowest BCUT2D eigenvalue weighted by Gasteiger charge is -2.36. The number of rotatable bonds is 6. The molecule has 1 unspecified atom stereocenters. The van der Waals surface area contributed by atoms with Crippen molar-refractivity contribution in [3.05, 3.63) is 29.6 Å². The van der Waals surface area contributed by atoms with Crippen molar-refractivity contribution in [2.24, 2.45) is 0 Å². The van der Waals surface area contributed by atoms with Crippen LogP contribution in [0.3, 0.4) is 0 Å². The Kier molecular flexibility index (Phi) is 5.80. The van der Waals surface area contributed by atoms with E-state index in [0.717, 1.165) is 44.3 Å². The van der Waals surface area contributed by atoms with E-state index in [0.29, 0.717) is 12.2 Å². The second kappa shape index (κ2) is 7.60. The van der Waals surface area contributed by atoms with Gasteiger partial charge < -0.3 is 15.3 Å². The average molecular weight is 280 g/mol. The van der Waals surface area contributed by atoms with Gasteiger partial charge in [0.25, 0.3) is 0 Å². The van der Waals surface area contributed by atoms with E-state index in [2.05, 4.69) is 12.2 Å². The van der Waals surface area contributed by atoms with Crippen molar-refractivity contribution >= 4 is 5.69 Å². The van der Waals surface area contributed by atoms with Crippen LogP contribution in [-0.2, 0) is 6.54 Å². The van der Waals surface area contributed by atoms with Crippen LogP contribution in [0.1, 0.15) is 38.2 Å². The number of halogens is 1. The summed E-state index contributed by atoms with van der Waals surface area (Å²) in [6.45, 7) is 4.69. The third-order valence-electron chi connectivity index (χ3n) is 3.92. The molecule has 1 aromatic rings. The molecule has 4 heteroatoms. The maximum atomic E-state index is 14.3. The third kappa shape index (κ3) is 3.70. The van der Waals surface area contributed by atoms with E-state index >= 15 is 0 Å². The lowest BCUT2D eigenvalue weighted by molar-refractivity contribution is 0.239. The third-order valence-corrected chi connectivity index (χ3v) is 3.92. The minimum atomic E-state index is -0.179. The van der Waals surface area contributed by atoms with Gasteiger partial charge in [0.2, 0.25) is 0 Å². The maximum absolute atomic E-state index is 14.3. The van der Waals surface area contributed by atoms with Crippen molar-refractivity contribution in [3.8, 4) is 0 Å². The van der Waals surface area contributed by atoms with Crippen LogP contribution in [0.25, 0.3) is 0 Å². The summed E-state index contributed by atoms with van der Waals surface area (Å²) in [5, 5.41) is 12.7. The molecule has 0 spiro atoms. The highest BCUT2D eigenvalue weighted by Gasteiger charge is 2.24. The Morgan fingerprint density at radius 2 is 2.25 bits per heavy atom. The molecule has 20 heavy (non-hydrogen) atoms. The van der Waals surface area contributed by atoms with E-state index in [1.54, 1.807) is 6.07 Å². The maximum Gasteiger partial charge on any atom is 0.146 e. The van der Waals surface area contributed by atoms with Gasteiger partial charge in [0.1, 0.15) is 5.82 Å². The van der Waals surface area contributed by atoms with Crippen molar-refractivity contribution in [1.29, 1.82) is 0 Å². The van der Waals surface area contributed by atoms with Gasteiger partial charge in [-0.3, -0.25) is 0 Å². The fourth-order valence-corrected chi connectivity index (χ4v) is 2.81. The number of hydrogen-bond acceptors (Lipinski definition) is 3. The first-order valence-electron chi connectivity index (χ1n) is 7.63. The molecular weight excluding hydrogens is 255 g/mol. The van der Waals surface area contributed by atoms with Gasteiger partial charge in [0.15, 0.2) is 0 Å². The molecule has 0 aromatic heterocycles. The van der Waals surface area contributed by atoms with Crippen LogP contribution in [0.5, 0.6) is 0 Å². The molecule has 2 N–H and O–H groups in total. The number of aliphatic hydroxyl groups excluding tert-OH is 1. The Bertz CT molecular complexity index is 425. The molecule has 1 atom stereocenters. The fraction of sp³-hybridized carbons (Fsp3) is 0.625. The second-order valence-corrected chi connectivity index (χ2v) is 5.49. The molecular formula is C16H25FN2O. The number of nitrogens with zero attached hydrogens (tertiary/aromatic N) is 1. The molecule has 3 nitrogen and oxygen atoms in total. The lowest BCUT2D eigenvalue weighted by Crippen LogP contribution is -2.42. The van der Waals surface area contributed by atoms with Crippen LogP contribution in [0.15, 0.2) is 18.2 Å². The van der Waals surface area contributed by atoms with Gasteiger partial charge in [-0.25, -0.2) is 4.39 Å². The first-order valence-corrected chi connectivity index (χ1v) is 7.63. The van der Waals surface area contributed by atoms with Gasteiger partial charge in [-0.05, 0) is 49.9 Å². The number of nitrogens with one attached hydrogen (secondary N) is 1. The van der Waals surface area contributed by atoms with Crippen LogP contribution in [0, 0.1) is 5.82 Å². The van der Waals surface area contributed by atoms with E-state index in [1.807, 2.05) is 17.0 Å². The number of piperidine rings is 1. The highest BCUT2D eigenvalue weighted by Crippen LogP contribution is 2.27. The van der Waals surface area contributed by atoms with Gasteiger partial charge in [-0.15, -0.1) is 0 Å². The van der Waals surface area contributed by atoms with E-state index < -0.39 is 0 Å². The van der Waals surface area contributed by atoms with Crippen LogP contribution in [0.2, 0.25) is 0 Å². The molecule has 2 rings (SSSR count). The first kappa shape index (κ1) is 15.3. The standard InChI is InChI=1S/C16H25FN2O/c1-2-8-18-11-13-6-7-16(15(17)10-13)19-9-4-3-5-14(19)12-20/h6-7,10,14,18,20H,2-5,8-9,11-12H2,1H3. The zero-order valence-corrected chi connectivity index (χ0v) is 12.2. The zero-order chi connectivity index (χ0) is 14.4. The summed E-state index contributed by atoms with van der Waals surface area (Å²) >= 11 is 0. The van der Waals surface area contributed by atoms with Gasteiger partial charge >= 0.3 is 0 Å². The molecule has 0 radical (unpaired) electrons. The molecule has 1 aliphatic heterocycles. The minimum absolute atomic E-state index is 0.0577. The summed E-state index contributed by atoms with van der Waals surface area (Å²) in [6.07, 6.45) is 4.19. The molecule has 0 bridgehead atoms. The van der Waals surface area contributed by atoms with Crippen molar-refractivity contribution < 1.29 is 9.50 Å². The van der Waals surface area contributed by atoms with Crippen LogP contribution in [-0.4, -0.2) is 30.8 Å². The molecule has 1 saturated heterocycles. The van der Waals surface area contributed by atoms with Crippen LogP contribution < -0.4 is 10.2 Å². The van der Waals surface area contributed by atoms with Crippen molar-refractivity contribution in [3.63, 3.8) is 0 Å². The second-order valence-electron chi connectivity index (χ2n) is 5.49. The van der Waals surface area contributed by atoms with Crippen LogP contribution in [0.4, 0.5) is 10.1 Å². The summed E-state index contributed by atoms with van der Waals surface area (Å²) in [7, 11) is 0. The van der Waals surface area contributed by atoms with Gasteiger partial charge in [0, 0.05) is 13.1 Å². The number of aliphatic hydroxyl groups is 1. The topological polar surface area (TPSA) is 35.5 Å². The SMILES string of the molecule is CCCNCc1ccc(N2CCCCC2CO)c(F)c1. The molecule has 1 fully saturated rings. The average Bonchev–Trinajstić information content (AvgIpc) is 2.48.